The van der Waals surface area contributed by atoms with Crippen LogP contribution in [0.3, 0.4) is 0 Å². The summed E-state index contributed by atoms with van der Waals surface area (Å²) in [7, 11) is 0. The first-order valence-corrected chi connectivity index (χ1v) is 6.59. The highest BCUT2D eigenvalue weighted by molar-refractivity contribution is 9.10. The van der Waals surface area contributed by atoms with Crippen molar-refractivity contribution in [2.24, 2.45) is 0 Å². The van der Waals surface area contributed by atoms with Gasteiger partial charge in [-0.05, 0) is 49.2 Å². The summed E-state index contributed by atoms with van der Waals surface area (Å²) in [6.45, 7) is 4.59. The number of halogens is 1. The Morgan fingerprint density at radius 2 is 1.78 bits per heavy atom. The van der Waals surface area contributed by atoms with Crippen LogP contribution in [0.2, 0.25) is 0 Å². The lowest BCUT2D eigenvalue weighted by atomic mass is 10.1. The predicted octanol–water partition coefficient (Wildman–Crippen LogP) is 4.23. The molecule has 0 radical (unpaired) electrons. The Hall–Kier alpha value is -1.48. The van der Waals surface area contributed by atoms with E-state index in [0.29, 0.717) is 6.61 Å². The lowest BCUT2D eigenvalue weighted by molar-refractivity contribution is 0.306. The second kappa shape index (κ2) is 5.44. The van der Waals surface area contributed by atoms with E-state index in [1.165, 1.54) is 11.1 Å². The third-order valence-electron chi connectivity index (χ3n) is 2.73. The van der Waals surface area contributed by atoms with Gasteiger partial charge in [-0.3, -0.25) is 0 Å². The highest BCUT2D eigenvalue weighted by Crippen LogP contribution is 2.25. The molecule has 3 heteroatoms. The Balaban J connectivity index is 2.16. The largest absolute Gasteiger partial charge is 0.489 e. The van der Waals surface area contributed by atoms with Crippen molar-refractivity contribution in [3.8, 4) is 5.75 Å². The molecule has 0 saturated carbocycles. The van der Waals surface area contributed by atoms with Crippen molar-refractivity contribution >= 4 is 21.6 Å². The topological polar surface area (TPSA) is 35.2 Å². The van der Waals surface area contributed by atoms with Gasteiger partial charge in [0, 0.05) is 15.7 Å². The summed E-state index contributed by atoms with van der Waals surface area (Å²) in [5.74, 6) is 0.877. The van der Waals surface area contributed by atoms with Gasteiger partial charge in [-0.1, -0.05) is 28.1 Å². The maximum atomic E-state index is 5.94. The predicted molar refractivity (Wildman–Crippen MR) is 78.8 cm³/mol. The highest BCUT2D eigenvalue weighted by Gasteiger charge is 2.05. The summed E-state index contributed by atoms with van der Waals surface area (Å²) in [5.41, 5.74) is 10.1. The Morgan fingerprint density at radius 1 is 1.11 bits per heavy atom. The van der Waals surface area contributed by atoms with Gasteiger partial charge in [-0.25, -0.2) is 0 Å². The molecule has 18 heavy (non-hydrogen) atoms. The quantitative estimate of drug-likeness (QED) is 0.861. The van der Waals surface area contributed by atoms with Gasteiger partial charge in [0.1, 0.15) is 12.4 Å². The standard InChI is InChI=1S/C15H16BrNO/c1-10-6-11(2)8-12(7-10)18-9-13-14(16)4-3-5-15(13)17/h3-8H,9,17H2,1-2H3. The minimum absolute atomic E-state index is 0.468. The normalized spacial score (nSPS) is 10.4. The zero-order valence-electron chi connectivity index (χ0n) is 10.5. The van der Waals surface area contributed by atoms with Crippen LogP contribution in [0.1, 0.15) is 16.7 Å². The van der Waals surface area contributed by atoms with Crippen molar-refractivity contribution in [2.75, 3.05) is 5.73 Å². The summed E-state index contributed by atoms with van der Waals surface area (Å²) in [6.07, 6.45) is 0. The van der Waals surface area contributed by atoms with Gasteiger partial charge in [0.05, 0.1) is 0 Å². The van der Waals surface area contributed by atoms with E-state index in [2.05, 4.69) is 35.8 Å². The van der Waals surface area contributed by atoms with E-state index in [-0.39, 0.29) is 0 Å². The van der Waals surface area contributed by atoms with Gasteiger partial charge in [0.2, 0.25) is 0 Å². The van der Waals surface area contributed by atoms with Crippen molar-refractivity contribution in [2.45, 2.75) is 20.5 Å². The molecule has 0 aliphatic carbocycles. The zero-order chi connectivity index (χ0) is 13.1. The third-order valence-corrected chi connectivity index (χ3v) is 3.48. The van der Waals surface area contributed by atoms with Gasteiger partial charge < -0.3 is 10.5 Å². The second-order valence-electron chi connectivity index (χ2n) is 4.42. The molecule has 0 atom stereocenters. The van der Waals surface area contributed by atoms with E-state index in [9.17, 15) is 0 Å². The number of aryl methyl sites for hydroxylation is 2. The molecule has 0 heterocycles. The molecule has 0 aliphatic heterocycles. The van der Waals surface area contributed by atoms with Crippen molar-refractivity contribution in [3.63, 3.8) is 0 Å². The molecule has 0 spiro atoms. The van der Waals surface area contributed by atoms with Gasteiger partial charge >= 0.3 is 0 Å². The van der Waals surface area contributed by atoms with E-state index in [4.69, 9.17) is 10.5 Å². The second-order valence-corrected chi connectivity index (χ2v) is 5.27. The molecule has 0 unspecified atom stereocenters. The molecule has 2 N–H and O–H groups in total. The van der Waals surface area contributed by atoms with Gasteiger partial charge in [0.15, 0.2) is 0 Å². The first-order valence-electron chi connectivity index (χ1n) is 5.80. The molecule has 0 bridgehead atoms. The Labute approximate surface area is 116 Å². The molecule has 2 aromatic carbocycles. The van der Waals surface area contributed by atoms with Crippen LogP contribution in [0.4, 0.5) is 5.69 Å². The van der Waals surface area contributed by atoms with Crippen LogP contribution >= 0.6 is 15.9 Å². The molecule has 2 rings (SSSR count). The van der Waals surface area contributed by atoms with Crippen LogP contribution in [-0.4, -0.2) is 0 Å². The maximum absolute atomic E-state index is 5.94. The average Bonchev–Trinajstić information content (AvgIpc) is 2.27. The number of hydrogen-bond donors (Lipinski definition) is 1. The monoisotopic (exact) mass is 305 g/mol. The fourth-order valence-electron chi connectivity index (χ4n) is 1.90. The van der Waals surface area contributed by atoms with E-state index in [1.807, 2.05) is 30.3 Å². The zero-order valence-corrected chi connectivity index (χ0v) is 12.1. The van der Waals surface area contributed by atoms with Gasteiger partial charge in [-0.2, -0.15) is 0 Å². The number of anilines is 1. The summed E-state index contributed by atoms with van der Waals surface area (Å²) in [6, 6.07) is 11.9. The van der Waals surface area contributed by atoms with Crippen LogP contribution in [0.5, 0.6) is 5.75 Å². The molecular formula is C15H16BrNO. The molecule has 2 aromatic rings. The molecular weight excluding hydrogens is 290 g/mol. The first kappa shape index (κ1) is 13.0. The number of nitrogen functional groups attached to an aromatic ring is 1. The molecule has 0 amide bonds. The van der Waals surface area contributed by atoms with Crippen LogP contribution in [-0.2, 0) is 6.61 Å². The molecule has 0 aromatic heterocycles. The first-order chi connectivity index (χ1) is 8.56. The number of nitrogens with two attached hydrogens (primary N) is 1. The fraction of sp³-hybridized carbons (Fsp3) is 0.200. The Bertz CT molecular complexity index is 526. The van der Waals surface area contributed by atoms with E-state index in [1.54, 1.807) is 0 Å². The third kappa shape index (κ3) is 3.05. The van der Waals surface area contributed by atoms with Gasteiger partial charge in [-0.15, -0.1) is 0 Å². The summed E-state index contributed by atoms with van der Waals surface area (Å²) < 4.78 is 6.78. The number of rotatable bonds is 3. The lowest BCUT2D eigenvalue weighted by Crippen LogP contribution is -2.01. The van der Waals surface area contributed by atoms with Crippen molar-refractivity contribution < 1.29 is 4.74 Å². The number of ether oxygens (including phenoxy) is 1. The SMILES string of the molecule is Cc1cc(C)cc(OCc2c(N)cccc2Br)c1. The van der Waals surface area contributed by atoms with Crippen LogP contribution in [0.15, 0.2) is 40.9 Å². The highest BCUT2D eigenvalue weighted by atomic mass is 79.9. The maximum Gasteiger partial charge on any atom is 0.120 e. The van der Waals surface area contributed by atoms with Gasteiger partial charge in [0.25, 0.3) is 0 Å². The average molecular weight is 306 g/mol. The number of hydrogen-bond acceptors (Lipinski definition) is 2. The smallest absolute Gasteiger partial charge is 0.120 e. The minimum atomic E-state index is 0.468. The molecule has 0 aliphatic rings. The molecule has 94 valence electrons. The number of benzene rings is 2. The molecule has 0 fully saturated rings. The molecule has 2 nitrogen and oxygen atoms in total. The van der Waals surface area contributed by atoms with E-state index in [0.717, 1.165) is 21.5 Å². The van der Waals surface area contributed by atoms with Crippen molar-refractivity contribution in [3.05, 3.63) is 57.6 Å². The van der Waals surface area contributed by atoms with E-state index >= 15 is 0 Å². The summed E-state index contributed by atoms with van der Waals surface area (Å²) >= 11 is 3.49. The Kier molecular flexibility index (Phi) is 3.92. The molecule has 0 saturated heterocycles. The van der Waals surface area contributed by atoms with Crippen molar-refractivity contribution in [1.29, 1.82) is 0 Å². The summed E-state index contributed by atoms with van der Waals surface area (Å²) in [4.78, 5) is 0. The summed E-state index contributed by atoms with van der Waals surface area (Å²) in [5, 5.41) is 0. The lowest BCUT2D eigenvalue weighted by Gasteiger charge is -2.11. The Morgan fingerprint density at radius 3 is 2.39 bits per heavy atom. The van der Waals surface area contributed by atoms with Crippen molar-refractivity contribution in [1.82, 2.24) is 0 Å². The minimum Gasteiger partial charge on any atom is -0.489 e. The van der Waals surface area contributed by atoms with E-state index < -0.39 is 0 Å². The fourth-order valence-corrected chi connectivity index (χ4v) is 2.40. The van der Waals surface area contributed by atoms with Crippen LogP contribution < -0.4 is 10.5 Å². The van der Waals surface area contributed by atoms with Crippen LogP contribution in [0.25, 0.3) is 0 Å². The van der Waals surface area contributed by atoms with Crippen LogP contribution in [0, 0.1) is 13.8 Å².